The summed E-state index contributed by atoms with van der Waals surface area (Å²) in [5, 5.41) is 10.3. The van der Waals surface area contributed by atoms with Gasteiger partial charge in [0, 0.05) is 25.1 Å². The van der Waals surface area contributed by atoms with Crippen LogP contribution in [-0.2, 0) is 4.74 Å². The number of hydrogen-bond acceptors (Lipinski definition) is 4. The molecule has 0 radical (unpaired) electrons. The van der Waals surface area contributed by atoms with E-state index in [4.69, 9.17) is 9.47 Å². The van der Waals surface area contributed by atoms with Crippen LogP contribution in [0.15, 0.2) is 18.2 Å². The molecule has 0 fully saturated rings. The van der Waals surface area contributed by atoms with Crippen LogP contribution in [0.3, 0.4) is 0 Å². The van der Waals surface area contributed by atoms with E-state index in [1.54, 1.807) is 26.4 Å². The molecule has 0 aliphatic carbocycles. The van der Waals surface area contributed by atoms with Crippen LogP contribution in [0.1, 0.15) is 10.5 Å². The summed E-state index contributed by atoms with van der Waals surface area (Å²) >= 11 is 0. The third-order valence-corrected chi connectivity index (χ3v) is 2.58. The highest BCUT2D eigenvalue weighted by atomic mass is 16.5. The third-order valence-electron chi connectivity index (χ3n) is 2.58. The van der Waals surface area contributed by atoms with E-state index >= 15 is 0 Å². The summed E-state index contributed by atoms with van der Waals surface area (Å²) in [4.78, 5) is 11.9. The second-order valence-corrected chi connectivity index (χ2v) is 3.73. The molecule has 18 heavy (non-hydrogen) atoms. The second kappa shape index (κ2) is 5.50. The van der Waals surface area contributed by atoms with Crippen molar-refractivity contribution >= 4 is 16.8 Å². The van der Waals surface area contributed by atoms with Gasteiger partial charge in [-0.2, -0.15) is 5.10 Å². The van der Waals surface area contributed by atoms with Crippen molar-refractivity contribution in [3.05, 3.63) is 23.9 Å². The van der Waals surface area contributed by atoms with Crippen molar-refractivity contribution < 1.29 is 14.3 Å². The molecule has 0 aliphatic heterocycles. The number of hydrogen-bond donors (Lipinski definition) is 2. The summed E-state index contributed by atoms with van der Waals surface area (Å²) in [5.74, 6) is 0.501. The van der Waals surface area contributed by atoms with Gasteiger partial charge in [0.1, 0.15) is 5.75 Å². The average molecular weight is 249 g/mol. The van der Waals surface area contributed by atoms with Crippen molar-refractivity contribution in [2.75, 3.05) is 27.4 Å². The predicted octanol–water partition coefficient (Wildman–Crippen LogP) is 0.948. The Bertz CT molecular complexity index is 550. The SMILES string of the molecule is COCCNC(=O)c1n[nH]c2cc(OC)ccc12. The molecule has 0 bridgehead atoms. The molecule has 0 atom stereocenters. The zero-order valence-corrected chi connectivity index (χ0v) is 10.3. The molecule has 1 aromatic carbocycles. The van der Waals surface area contributed by atoms with E-state index in [9.17, 15) is 4.79 Å². The molecule has 0 saturated carbocycles. The number of nitrogens with one attached hydrogen (secondary N) is 2. The van der Waals surface area contributed by atoms with Crippen LogP contribution in [0.25, 0.3) is 10.9 Å². The molecule has 6 heteroatoms. The minimum atomic E-state index is -0.219. The summed E-state index contributed by atoms with van der Waals surface area (Å²) in [6, 6.07) is 5.40. The Labute approximate surface area is 104 Å². The van der Waals surface area contributed by atoms with Gasteiger partial charge in [0.05, 0.1) is 19.2 Å². The number of aromatic amines is 1. The monoisotopic (exact) mass is 249 g/mol. The lowest BCUT2D eigenvalue weighted by atomic mass is 10.2. The molecule has 6 nitrogen and oxygen atoms in total. The Morgan fingerprint density at radius 3 is 3.00 bits per heavy atom. The largest absolute Gasteiger partial charge is 0.497 e. The predicted molar refractivity (Wildman–Crippen MR) is 66.9 cm³/mol. The quantitative estimate of drug-likeness (QED) is 0.773. The highest BCUT2D eigenvalue weighted by molar-refractivity contribution is 6.04. The Balaban J connectivity index is 2.21. The molecule has 1 amide bonds. The highest BCUT2D eigenvalue weighted by Crippen LogP contribution is 2.21. The number of ether oxygens (including phenoxy) is 2. The topological polar surface area (TPSA) is 76.2 Å². The molecule has 0 unspecified atom stereocenters. The standard InChI is InChI=1S/C12H15N3O3/c1-17-6-5-13-12(16)11-9-4-3-8(18-2)7-10(9)14-15-11/h3-4,7H,5-6H2,1-2H3,(H,13,16)(H,14,15). The van der Waals surface area contributed by atoms with Crippen molar-refractivity contribution in [3.8, 4) is 5.75 Å². The van der Waals surface area contributed by atoms with Gasteiger partial charge in [0.25, 0.3) is 5.91 Å². The number of carbonyl (C=O) groups excluding carboxylic acids is 1. The van der Waals surface area contributed by atoms with Crippen LogP contribution < -0.4 is 10.1 Å². The van der Waals surface area contributed by atoms with E-state index in [1.165, 1.54) is 0 Å². The molecular formula is C12H15N3O3. The molecule has 0 aliphatic rings. The van der Waals surface area contributed by atoms with Crippen molar-refractivity contribution in [1.82, 2.24) is 15.5 Å². The van der Waals surface area contributed by atoms with Crippen molar-refractivity contribution in [2.45, 2.75) is 0 Å². The van der Waals surface area contributed by atoms with E-state index in [1.807, 2.05) is 6.07 Å². The van der Waals surface area contributed by atoms with Crippen LogP contribution in [0.4, 0.5) is 0 Å². The van der Waals surface area contributed by atoms with E-state index in [0.29, 0.717) is 18.8 Å². The average Bonchev–Trinajstić information content (AvgIpc) is 2.81. The number of benzene rings is 1. The Kier molecular flexibility index (Phi) is 3.78. The van der Waals surface area contributed by atoms with Crippen LogP contribution in [0.2, 0.25) is 0 Å². The lowest BCUT2D eigenvalue weighted by Gasteiger charge is -2.02. The zero-order valence-electron chi connectivity index (χ0n) is 10.3. The van der Waals surface area contributed by atoms with Gasteiger partial charge in [0.2, 0.25) is 0 Å². The molecule has 0 saturated heterocycles. The third kappa shape index (κ3) is 2.43. The first-order chi connectivity index (χ1) is 8.76. The number of rotatable bonds is 5. The first-order valence-corrected chi connectivity index (χ1v) is 5.55. The summed E-state index contributed by atoms with van der Waals surface area (Å²) in [6.45, 7) is 0.932. The molecule has 96 valence electrons. The maximum absolute atomic E-state index is 11.9. The number of nitrogens with zero attached hydrogens (tertiary/aromatic N) is 1. The molecule has 2 N–H and O–H groups in total. The van der Waals surface area contributed by atoms with Gasteiger partial charge >= 0.3 is 0 Å². The maximum Gasteiger partial charge on any atom is 0.272 e. The molecule has 2 aromatic rings. The number of methoxy groups -OCH3 is 2. The summed E-state index contributed by atoms with van der Waals surface area (Å²) in [6.07, 6.45) is 0. The van der Waals surface area contributed by atoms with E-state index in [0.717, 1.165) is 16.7 Å². The number of H-pyrrole nitrogens is 1. The molecule has 1 aromatic heterocycles. The lowest BCUT2D eigenvalue weighted by molar-refractivity contribution is 0.0933. The molecule has 0 spiro atoms. The smallest absolute Gasteiger partial charge is 0.272 e. The van der Waals surface area contributed by atoms with Crippen LogP contribution in [0.5, 0.6) is 5.75 Å². The van der Waals surface area contributed by atoms with Crippen molar-refractivity contribution in [2.24, 2.45) is 0 Å². The van der Waals surface area contributed by atoms with Gasteiger partial charge in [-0.1, -0.05) is 0 Å². The van der Waals surface area contributed by atoms with Crippen LogP contribution in [-0.4, -0.2) is 43.5 Å². The minimum absolute atomic E-state index is 0.219. The molecular weight excluding hydrogens is 234 g/mol. The number of carbonyl (C=O) groups is 1. The van der Waals surface area contributed by atoms with Gasteiger partial charge in [0.15, 0.2) is 5.69 Å². The fourth-order valence-electron chi connectivity index (χ4n) is 1.65. The Morgan fingerprint density at radius 1 is 1.44 bits per heavy atom. The lowest BCUT2D eigenvalue weighted by Crippen LogP contribution is -2.27. The van der Waals surface area contributed by atoms with E-state index < -0.39 is 0 Å². The zero-order chi connectivity index (χ0) is 13.0. The summed E-state index contributed by atoms with van der Waals surface area (Å²) < 4.78 is 9.97. The first kappa shape index (κ1) is 12.4. The van der Waals surface area contributed by atoms with Gasteiger partial charge in [-0.3, -0.25) is 9.89 Å². The molecule has 2 rings (SSSR count). The fourth-order valence-corrected chi connectivity index (χ4v) is 1.65. The van der Waals surface area contributed by atoms with Crippen LogP contribution >= 0.6 is 0 Å². The normalized spacial score (nSPS) is 10.6. The second-order valence-electron chi connectivity index (χ2n) is 3.73. The van der Waals surface area contributed by atoms with Crippen LogP contribution in [0, 0.1) is 0 Å². The summed E-state index contributed by atoms with van der Waals surface area (Å²) in [5.41, 5.74) is 1.15. The van der Waals surface area contributed by atoms with Gasteiger partial charge in [-0.05, 0) is 12.1 Å². The highest BCUT2D eigenvalue weighted by Gasteiger charge is 2.13. The van der Waals surface area contributed by atoms with Crippen molar-refractivity contribution in [1.29, 1.82) is 0 Å². The van der Waals surface area contributed by atoms with Gasteiger partial charge in [-0.25, -0.2) is 0 Å². The number of amides is 1. The minimum Gasteiger partial charge on any atom is -0.497 e. The number of aromatic nitrogens is 2. The number of fused-ring (bicyclic) bond motifs is 1. The van der Waals surface area contributed by atoms with E-state index in [-0.39, 0.29) is 5.91 Å². The Hall–Kier alpha value is -2.08. The van der Waals surface area contributed by atoms with Gasteiger partial charge < -0.3 is 14.8 Å². The fraction of sp³-hybridized carbons (Fsp3) is 0.333. The molecule has 1 heterocycles. The maximum atomic E-state index is 11.9. The Morgan fingerprint density at radius 2 is 2.28 bits per heavy atom. The van der Waals surface area contributed by atoms with Gasteiger partial charge in [-0.15, -0.1) is 0 Å². The van der Waals surface area contributed by atoms with Crippen molar-refractivity contribution in [3.63, 3.8) is 0 Å². The van der Waals surface area contributed by atoms with E-state index in [2.05, 4.69) is 15.5 Å². The summed E-state index contributed by atoms with van der Waals surface area (Å²) in [7, 11) is 3.18. The first-order valence-electron chi connectivity index (χ1n) is 5.55.